The Bertz CT molecular complexity index is 744. The summed E-state index contributed by atoms with van der Waals surface area (Å²) in [6.45, 7) is 2.29. The number of ether oxygens (including phenoxy) is 3. The number of pyridine rings is 1. The van der Waals surface area contributed by atoms with Crippen LogP contribution in [-0.4, -0.2) is 67.5 Å². The molecular formula is C19H25N3O4. The first-order valence-corrected chi connectivity index (χ1v) is 9.01. The molecule has 0 saturated carbocycles. The number of aromatic nitrogens is 1. The normalized spacial score (nSPS) is 30.8. The summed E-state index contributed by atoms with van der Waals surface area (Å²) in [5.74, 6) is 0. The van der Waals surface area contributed by atoms with E-state index in [4.69, 9.17) is 14.2 Å². The lowest BCUT2D eigenvalue weighted by atomic mass is 9.95. The highest BCUT2D eigenvalue weighted by molar-refractivity contribution is 5.78. The molecule has 0 unspecified atom stereocenters. The Hall–Kier alpha value is -1.61. The molecule has 7 nitrogen and oxygen atoms in total. The molecule has 3 heterocycles. The summed E-state index contributed by atoms with van der Waals surface area (Å²) in [4.78, 5) is 4.49. The number of rotatable bonds is 7. The van der Waals surface area contributed by atoms with Crippen molar-refractivity contribution in [3.8, 4) is 0 Å². The van der Waals surface area contributed by atoms with Crippen molar-refractivity contribution in [1.29, 1.82) is 0 Å². The molecule has 5 atom stereocenters. The number of nitrogens with one attached hydrogen (secondary N) is 2. The maximum absolute atomic E-state index is 10.8. The molecule has 2 aliphatic rings. The highest BCUT2D eigenvalue weighted by Gasteiger charge is 2.49. The van der Waals surface area contributed by atoms with Gasteiger partial charge in [-0.15, -0.1) is 0 Å². The molecule has 4 rings (SSSR count). The Morgan fingerprint density at radius 2 is 2.15 bits per heavy atom. The van der Waals surface area contributed by atoms with Crippen molar-refractivity contribution in [2.75, 3.05) is 26.9 Å². The van der Waals surface area contributed by atoms with Crippen molar-refractivity contribution in [3.05, 3.63) is 42.1 Å². The van der Waals surface area contributed by atoms with Crippen LogP contribution in [0.5, 0.6) is 0 Å². The predicted octanol–water partition coefficient (Wildman–Crippen LogP) is 0.414. The second kappa shape index (κ2) is 7.96. The molecular weight excluding hydrogens is 334 g/mol. The van der Waals surface area contributed by atoms with Gasteiger partial charge in [0, 0.05) is 31.8 Å². The Labute approximate surface area is 152 Å². The Morgan fingerprint density at radius 1 is 1.27 bits per heavy atom. The number of benzene rings is 1. The minimum absolute atomic E-state index is 0.149. The zero-order chi connectivity index (χ0) is 17.9. The lowest BCUT2D eigenvalue weighted by molar-refractivity contribution is -0.153. The van der Waals surface area contributed by atoms with Crippen LogP contribution in [0.25, 0.3) is 10.9 Å². The smallest absolute Gasteiger partial charge is 0.176 e. The van der Waals surface area contributed by atoms with E-state index >= 15 is 0 Å². The lowest BCUT2D eigenvalue weighted by Crippen LogP contribution is -2.63. The topological polar surface area (TPSA) is 84.9 Å². The number of hydrogen-bond donors (Lipinski definition) is 3. The Balaban J connectivity index is 1.42. The third-order valence-corrected chi connectivity index (χ3v) is 5.04. The quantitative estimate of drug-likeness (QED) is 0.618. The summed E-state index contributed by atoms with van der Waals surface area (Å²) in [7, 11) is 1.65. The fourth-order valence-electron chi connectivity index (χ4n) is 3.67. The summed E-state index contributed by atoms with van der Waals surface area (Å²) in [6.07, 6.45) is 0.705. The number of nitrogens with zero attached hydrogens (tertiary/aromatic N) is 1. The van der Waals surface area contributed by atoms with Crippen LogP contribution in [0.4, 0.5) is 0 Å². The van der Waals surface area contributed by atoms with Crippen LogP contribution >= 0.6 is 0 Å². The van der Waals surface area contributed by atoms with E-state index in [-0.39, 0.29) is 18.2 Å². The predicted molar refractivity (Wildman–Crippen MR) is 96.7 cm³/mol. The van der Waals surface area contributed by atoms with E-state index in [1.165, 1.54) is 0 Å². The lowest BCUT2D eigenvalue weighted by Gasteiger charge is -2.39. The average molecular weight is 359 g/mol. The van der Waals surface area contributed by atoms with E-state index < -0.39 is 12.4 Å². The molecule has 2 saturated heterocycles. The molecule has 140 valence electrons. The van der Waals surface area contributed by atoms with Crippen LogP contribution in [0, 0.1) is 0 Å². The molecule has 26 heavy (non-hydrogen) atoms. The molecule has 0 aliphatic carbocycles. The molecule has 0 amide bonds. The van der Waals surface area contributed by atoms with E-state index in [1.54, 1.807) is 7.11 Å². The van der Waals surface area contributed by atoms with Crippen molar-refractivity contribution in [3.63, 3.8) is 0 Å². The maximum Gasteiger partial charge on any atom is 0.176 e. The molecule has 1 aromatic heterocycles. The van der Waals surface area contributed by atoms with Gasteiger partial charge in [-0.3, -0.25) is 4.98 Å². The largest absolute Gasteiger partial charge is 0.390 e. The Morgan fingerprint density at radius 3 is 3.04 bits per heavy atom. The molecule has 1 aromatic carbocycles. The van der Waals surface area contributed by atoms with Crippen LogP contribution in [0.3, 0.4) is 0 Å². The average Bonchev–Trinajstić information content (AvgIpc) is 3.10. The monoisotopic (exact) mass is 359 g/mol. The summed E-state index contributed by atoms with van der Waals surface area (Å²) < 4.78 is 16.7. The van der Waals surface area contributed by atoms with E-state index in [9.17, 15) is 5.11 Å². The highest BCUT2D eigenvalue weighted by Crippen LogP contribution is 2.28. The van der Waals surface area contributed by atoms with Gasteiger partial charge in [0.25, 0.3) is 0 Å². The number of fused-ring (bicyclic) bond motifs is 3. The second-order valence-corrected chi connectivity index (χ2v) is 6.78. The van der Waals surface area contributed by atoms with Gasteiger partial charge in [-0.1, -0.05) is 18.2 Å². The highest BCUT2D eigenvalue weighted by atomic mass is 16.7. The van der Waals surface area contributed by atoms with Gasteiger partial charge in [0.15, 0.2) is 6.29 Å². The molecule has 3 N–H and O–H groups in total. The van der Waals surface area contributed by atoms with Crippen LogP contribution in [0.15, 0.2) is 36.5 Å². The van der Waals surface area contributed by atoms with Gasteiger partial charge in [0.2, 0.25) is 0 Å². The number of para-hydroxylation sites is 1. The van der Waals surface area contributed by atoms with Crippen molar-refractivity contribution in [1.82, 2.24) is 15.6 Å². The molecule has 2 aliphatic heterocycles. The fraction of sp³-hybridized carbons (Fsp3) is 0.526. The standard InChI is InChI=1S/C19H25N3O4/c1-24-7-6-20-17-18(23)16(15-11-25-19(17)26-15)22-10-12-8-13-4-2-3-5-14(13)21-9-12/h2-5,8-9,15-20,22-23H,6-7,10-11H2,1H3/t15-,16-,17-,18+,19-/m1/s1. The summed E-state index contributed by atoms with van der Waals surface area (Å²) in [5, 5.41) is 18.6. The fourth-order valence-corrected chi connectivity index (χ4v) is 3.67. The second-order valence-electron chi connectivity index (χ2n) is 6.78. The van der Waals surface area contributed by atoms with Crippen LogP contribution in [0.2, 0.25) is 0 Å². The molecule has 0 spiro atoms. The van der Waals surface area contributed by atoms with Crippen LogP contribution in [0.1, 0.15) is 5.56 Å². The first-order chi connectivity index (χ1) is 12.8. The molecule has 7 heteroatoms. The molecule has 2 fully saturated rings. The third-order valence-electron chi connectivity index (χ3n) is 5.04. The number of hydrogen-bond acceptors (Lipinski definition) is 7. The van der Waals surface area contributed by atoms with Crippen molar-refractivity contribution in [2.24, 2.45) is 0 Å². The summed E-state index contributed by atoms with van der Waals surface area (Å²) in [6, 6.07) is 9.67. The van der Waals surface area contributed by atoms with E-state index in [1.807, 2.05) is 24.4 Å². The molecule has 2 bridgehead atoms. The first-order valence-electron chi connectivity index (χ1n) is 9.01. The van der Waals surface area contributed by atoms with E-state index in [0.717, 1.165) is 16.5 Å². The van der Waals surface area contributed by atoms with Crippen LogP contribution in [-0.2, 0) is 20.8 Å². The van der Waals surface area contributed by atoms with Gasteiger partial charge < -0.3 is 30.0 Å². The summed E-state index contributed by atoms with van der Waals surface area (Å²) in [5.41, 5.74) is 2.05. The SMILES string of the molecule is COCCN[C@H]1[C@@H]2OC[C@@H](O2)[C@@H](NCc2cnc3ccccc3c2)[C@@H]1O. The maximum atomic E-state index is 10.8. The third kappa shape index (κ3) is 3.59. The van der Waals surface area contributed by atoms with Gasteiger partial charge in [0.1, 0.15) is 6.10 Å². The van der Waals surface area contributed by atoms with Crippen molar-refractivity contribution < 1.29 is 19.3 Å². The van der Waals surface area contributed by atoms with Gasteiger partial charge in [-0.05, 0) is 17.7 Å². The van der Waals surface area contributed by atoms with Gasteiger partial charge in [-0.25, -0.2) is 0 Å². The summed E-state index contributed by atoms with van der Waals surface area (Å²) >= 11 is 0. The van der Waals surface area contributed by atoms with Crippen molar-refractivity contribution >= 4 is 10.9 Å². The number of aliphatic hydroxyl groups is 1. The van der Waals surface area contributed by atoms with E-state index in [2.05, 4.69) is 27.8 Å². The Kier molecular flexibility index (Phi) is 5.44. The number of aliphatic hydroxyl groups excluding tert-OH is 1. The van der Waals surface area contributed by atoms with Gasteiger partial charge in [0.05, 0.1) is 36.9 Å². The zero-order valence-electron chi connectivity index (χ0n) is 14.8. The van der Waals surface area contributed by atoms with Crippen molar-refractivity contribution in [2.45, 2.75) is 37.1 Å². The minimum Gasteiger partial charge on any atom is -0.390 e. The zero-order valence-corrected chi connectivity index (χ0v) is 14.8. The van der Waals surface area contributed by atoms with Gasteiger partial charge in [-0.2, -0.15) is 0 Å². The molecule has 0 radical (unpaired) electrons. The van der Waals surface area contributed by atoms with E-state index in [0.29, 0.717) is 26.3 Å². The van der Waals surface area contributed by atoms with Gasteiger partial charge >= 0.3 is 0 Å². The first kappa shape index (κ1) is 17.8. The van der Waals surface area contributed by atoms with Crippen LogP contribution < -0.4 is 10.6 Å². The minimum atomic E-state index is -0.605. The molecule has 2 aromatic rings. The number of methoxy groups -OCH3 is 1.